The van der Waals surface area contributed by atoms with Gasteiger partial charge in [0.2, 0.25) is 5.91 Å². The standard InChI is InChI=1S/C23H26F2N6O2/c1-16(31-10-9-26-12-21(31)22(32)29-18-5-3-2-4-6-18)23(33,13-30-15-27-14-28-30)19-8-7-17(24)11-20(19)25/h2-8,11,14-16,21,26,33H,9-10,12-13H2,1H3,(H,29,32)/t16-,21?,23-/m1/s1. The zero-order valence-corrected chi connectivity index (χ0v) is 18.2. The van der Waals surface area contributed by atoms with Crippen molar-refractivity contribution in [1.29, 1.82) is 0 Å². The van der Waals surface area contributed by atoms with Crippen LogP contribution in [0.2, 0.25) is 0 Å². The molecule has 10 heteroatoms. The number of anilines is 1. The molecule has 0 saturated carbocycles. The van der Waals surface area contributed by atoms with Gasteiger partial charge < -0.3 is 15.7 Å². The first-order valence-corrected chi connectivity index (χ1v) is 10.7. The maximum atomic E-state index is 14.9. The third kappa shape index (κ3) is 4.92. The lowest BCUT2D eigenvalue weighted by atomic mass is 9.84. The van der Waals surface area contributed by atoms with Crippen LogP contribution in [0.3, 0.4) is 0 Å². The fraction of sp³-hybridized carbons (Fsp3) is 0.348. The maximum absolute atomic E-state index is 14.9. The van der Waals surface area contributed by atoms with Crippen molar-refractivity contribution < 1.29 is 18.7 Å². The Morgan fingerprint density at radius 1 is 1.30 bits per heavy atom. The number of hydrogen-bond acceptors (Lipinski definition) is 6. The van der Waals surface area contributed by atoms with Gasteiger partial charge in [0, 0.05) is 43.0 Å². The van der Waals surface area contributed by atoms with Crippen LogP contribution >= 0.6 is 0 Å². The van der Waals surface area contributed by atoms with Crippen LogP contribution in [-0.2, 0) is 16.9 Å². The van der Waals surface area contributed by atoms with E-state index in [1.54, 1.807) is 19.1 Å². The summed E-state index contributed by atoms with van der Waals surface area (Å²) >= 11 is 0. The molecule has 1 unspecified atom stereocenters. The van der Waals surface area contributed by atoms with E-state index in [0.29, 0.717) is 25.3 Å². The van der Waals surface area contributed by atoms with Gasteiger partial charge in [0.25, 0.3) is 0 Å². The predicted molar refractivity (Wildman–Crippen MR) is 118 cm³/mol. The smallest absolute Gasteiger partial charge is 0.243 e. The van der Waals surface area contributed by atoms with Gasteiger partial charge in [-0.2, -0.15) is 5.10 Å². The number of aromatic nitrogens is 3. The van der Waals surface area contributed by atoms with Gasteiger partial charge in [-0.15, -0.1) is 0 Å². The number of benzene rings is 2. The Kier molecular flexibility index (Phi) is 6.77. The van der Waals surface area contributed by atoms with Gasteiger partial charge in [0.05, 0.1) is 6.54 Å². The van der Waals surface area contributed by atoms with Crippen molar-refractivity contribution in [2.45, 2.75) is 31.2 Å². The number of carbonyl (C=O) groups is 1. The maximum Gasteiger partial charge on any atom is 0.243 e. The van der Waals surface area contributed by atoms with E-state index in [9.17, 15) is 18.7 Å². The Morgan fingerprint density at radius 3 is 2.79 bits per heavy atom. The lowest BCUT2D eigenvalue weighted by Crippen LogP contribution is -2.64. The number of aliphatic hydroxyl groups is 1. The number of halogens is 2. The Morgan fingerprint density at radius 2 is 2.09 bits per heavy atom. The lowest BCUT2D eigenvalue weighted by Gasteiger charge is -2.46. The highest BCUT2D eigenvalue weighted by atomic mass is 19.1. The zero-order valence-electron chi connectivity index (χ0n) is 18.2. The van der Waals surface area contributed by atoms with Crippen LogP contribution < -0.4 is 10.6 Å². The van der Waals surface area contributed by atoms with Gasteiger partial charge in [0.15, 0.2) is 0 Å². The third-order valence-electron chi connectivity index (χ3n) is 6.08. The molecule has 1 aliphatic heterocycles. The highest BCUT2D eigenvalue weighted by Crippen LogP contribution is 2.34. The molecule has 8 nitrogen and oxygen atoms in total. The summed E-state index contributed by atoms with van der Waals surface area (Å²) in [5.41, 5.74) is -1.25. The van der Waals surface area contributed by atoms with E-state index in [2.05, 4.69) is 20.7 Å². The number of nitrogens with one attached hydrogen (secondary N) is 2. The summed E-state index contributed by atoms with van der Waals surface area (Å²) in [5.74, 6) is -1.86. The molecule has 33 heavy (non-hydrogen) atoms. The van der Waals surface area contributed by atoms with Crippen LogP contribution in [0.25, 0.3) is 0 Å². The fourth-order valence-corrected chi connectivity index (χ4v) is 4.29. The van der Waals surface area contributed by atoms with Crippen LogP contribution in [0.4, 0.5) is 14.5 Å². The van der Waals surface area contributed by atoms with Crippen LogP contribution in [0.15, 0.2) is 61.2 Å². The number of hydrogen-bond donors (Lipinski definition) is 3. The molecule has 3 N–H and O–H groups in total. The number of rotatable bonds is 7. The second-order valence-electron chi connectivity index (χ2n) is 8.13. The second-order valence-corrected chi connectivity index (χ2v) is 8.13. The summed E-state index contributed by atoms with van der Waals surface area (Å²) in [6.07, 6.45) is 2.73. The van der Waals surface area contributed by atoms with E-state index < -0.39 is 29.3 Å². The number of amides is 1. The van der Waals surface area contributed by atoms with Gasteiger partial charge in [-0.1, -0.05) is 24.3 Å². The molecule has 3 atom stereocenters. The van der Waals surface area contributed by atoms with Gasteiger partial charge in [-0.25, -0.2) is 18.4 Å². The van der Waals surface area contributed by atoms with Crippen molar-refractivity contribution in [2.24, 2.45) is 0 Å². The number of carbonyl (C=O) groups excluding carboxylic acids is 1. The second kappa shape index (κ2) is 9.74. The normalized spacial score (nSPS) is 19.6. The minimum Gasteiger partial charge on any atom is -0.381 e. The Bertz CT molecular complexity index is 1080. The molecule has 1 saturated heterocycles. The molecule has 2 aromatic carbocycles. The summed E-state index contributed by atoms with van der Waals surface area (Å²) in [7, 11) is 0. The molecular weight excluding hydrogens is 430 g/mol. The molecule has 0 radical (unpaired) electrons. The van der Waals surface area contributed by atoms with Gasteiger partial charge in [-0.05, 0) is 25.1 Å². The summed E-state index contributed by atoms with van der Waals surface area (Å²) in [6.45, 7) is 2.98. The molecule has 0 spiro atoms. The van der Waals surface area contributed by atoms with E-state index in [4.69, 9.17) is 0 Å². The first-order chi connectivity index (χ1) is 15.9. The molecule has 1 aliphatic rings. The topological polar surface area (TPSA) is 95.3 Å². The SMILES string of the molecule is C[C@@H](N1CCNCC1C(=O)Nc1ccccc1)[C@](O)(Cn1cncn1)c1ccc(F)cc1F. The third-order valence-corrected chi connectivity index (χ3v) is 6.08. The molecule has 1 aromatic heterocycles. The highest BCUT2D eigenvalue weighted by Gasteiger charge is 2.45. The van der Waals surface area contributed by atoms with Crippen molar-refractivity contribution in [3.8, 4) is 0 Å². The van der Waals surface area contributed by atoms with Crippen LogP contribution in [-0.4, -0.2) is 62.4 Å². The molecule has 3 aromatic rings. The monoisotopic (exact) mass is 456 g/mol. The average molecular weight is 456 g/mol. The largest absolute Gasteiger partial charge is 0.381 e. The Hall–Kier alpha value is -3.21. The minimum atomic E-state index is -1.83. The number of piperazine rings is 1. The van der Waals surface area contributed by atoms with E-state index >= 15 is 0 Å². The van der Waals surface area contributed by atoms with Crippen LogP contribution in [0.1, 0.15) is 12.5 Å². The van der Waals surface area contributed by atoms with Crippen molar-refractivity contribution in [3.63, 3.8) is 0 Å². The molecule has 1 amide bonds. The molecule has 1 fully saturated rings. The van der Waals surface area contributed by atoms with Gasteiger partial charge in [-0.3, -0.25) is 9.69 Å². The predicted octanol–water partition coefficient (Wildman–Crippen LogP) is 1.75. The summed E-state index contributed by atoms with van der Waals surface area (Å²) in [4.78, 5) is 18.9. The molecule has 4 rings (SSSR count). The van der Waals surface area contributed by atoms with E-state index in [-0.39, 0.29) is 18.0 Å². The summed E-state index contributed by atoms with van der Waals surface area (Å²) in [6, 6.07) is 10.8. The summed E-state index contributed by atoms with van der Waals surface area (Å²) < 4.78 is 29.9. The molecular formula is C23H26F2N6O2. The number of para-hydroxylation sites is 1. The zero-order chi connectivity index (χ0) is 23.4. The Labute approximate surface area is 190 Å². The van der Waals surface area contributed by atoms with Crippen molar-refractivity contribution in [2.75, 3.05) is 25.0 Å². The molecule has 0 aliphatic carbocycles. The van der Waals surface area contributed by atoms with Crippen molar-refractivity contribution in [3.05, 3.63) is 78.4 Å². The number of nitrogens with zero attached hydrogens (tertiary/aromatic N) is 4. The van der Waals surface area contributed by atoms with Crippen LogP contribution in [0, 0.1) is 11.6 Å². The molecule has 0 bridgehead atoms. The van der Waals surface area contributed by atoms with E-state index in [1.165, 1.54) is 23.4 Å². The summed E-state index contributed by atoms with van der Waals surface area (Å²) in [5, 5.41) is 22.0. The first-order valence-electron chi connectivity index (χ1n) is 10.7. The molecule has 174 valence electrons. The highest BCUT2D eigenvalue weighted by molar-refractivity contribution is 5.95. The first kappa shape index (κ1) is 23.0. The minimum absolute atomic E-state index is 0.0762. The quantitative estimate of drug-likeness (QED) is 0.502. The van der Waals surface area contributed by atoms with E-state index in [0.717, 1.165) is 12.1 Å². The van der Waals surface area contributed by atoms with Gasteiger partial charge >= 0.3 is 0 Å². The van der Waals surface area contributed by atoms with E-state index in [1.807, 2.05) is 23.1 Å². The molecule has 2 heterocycles. The fourth-order valence-electron chi connectivity index (χ4n) is 4.29. The van der Waals surface area contributed by atoms with Crippen molar-refractivity contribution in [1.82, 2.24) is 25.0 Å². The van der Waals surface area contributed by atoms with Crippen molar-refractivity contribution >= 4 is 11.6 Å². The van der Waals surface area contributed by atoms with Gasteiger partial charge in [0.1, 0.15) is 35.9 Å². The average Bonchev–Trinajstić information content (AvgIpc) is 3.32. The van der Waals surface area contributed by atoms with Crippen LogP contribution in [0.5, 0.6) is 0 Å². The lowest BCUT2D eigenvalue weighted by molar-refractivity contribution is -0.128. The Balaban J connectivity index is 1.67.